The molecule has 1 aliphatic heterocycles. The van der Waals surface area contributed by atoms with Gasteiger partial charge in [-0.2, -0.15) is 0 Å². The lowest BCUT2D eigenvalue weighted by atomic mass is 10.3. The van der Waals surface area contributed by atoms with Gasteiger partial charge >= 0.3 is 0 Å². The second-order valence-corrected chi connectivity index (χ2v) is 3.87. The van der Waals surface area contributed by atoms with Crippen molar-refractivity contribution in [3.8, 4) is 0 Å². The first-order valence-electron chi connectivity index (χ1n) is 4.79. The molecule has 2 nitrogen and oxygen atoms in total. The number of hydrogen-bond acceptors (Lipinski definition) is 3. The van der Waals surface area contributed by atoms with Gasteiger partial charge in [-0.05, 0) is 31.2 Å². The quantitative estimate of drug-likeness (QED) is 0.738. The Labute approximate surface area is 101 Å². The predicted octanol–water partition coefficient (Wildman–Crippen LogP) is 3.80. The summed E-state index contributed by atoms with van der Waals surface area (Å²) in [6.45, 7) is 6.68. The fraction of sp³-hybridized carbons (Fsp3) is 0.364. The molecule has 0 N–H and O–H groups in total. The average Bonchev–Trinajstić information content (AvgIpc) is 2.69. The Kier molecular flexibility index (Phi) is 7.09. The molecule has 84 valence electrons. The van der Waals surface area contributed by atoms with Gasteiger partial charge in [0.1, 0.15) is 12.3 Å². The summed E-state index contributed by atoms with van der Waals surface area (Å²) in [6, 6.07) is 4.16. The van der Waals surface area contributed by atoms with Crippen LogP contribution >= 0.6 is 23.7 Å². The van der Waals surface area contributed by atoms with Gasteiger partial charge in [0, 0.05) is 4.88 Å². The first-order valence-corrected chi connectivity index (χ1v) is 5.61. The van der Waals surface area contributed by atoms with Gasteiger partial charge in [-0.3, -0.25) is 0 Å². The van der Waals surface area contributed by atoms with Crippen molar-refractivity contribution in [2.45, 2.75) is 20.8 Å². The summed E-state index contributed by atoms with van der Waals surface area (Å²) in [4.78, 5) is 7.42. The van der Waals surface area contributed by atoms with E-state index >= 15 is 0 Å². The van der Waals surface area contributed by atoms with Crippen molar-refractivity contribution >= 4 is 29.5 Å². The van der Waals surface area contributed by atoms with Crippen molar-refractivity contribution < 1.29 is 4.84 Å². The Morgan fingerprint density at radius 1 is 1.33 bits per heavy atom. The van der Waals surface area contributed by atoms with Crippen LogP contribution in [0.2, 0.25) is 0 Å². The molecule has 0 unspecified atom stereocenters. The van der Waals surface area contributed by atoms with Crippen molar-refractivity contribution in [1.82, 2.24) is 0 Å². The molecular formula is C11H16ClNOS. The van der Waals surface area contributed by atoms with Crippen molar-refractivity contribution in [3.05, 3.63) is 34.0 Å². The van der Waals surface area contributed by atoms with E-state index in [0.29, 0.717) is 6.61 Å². The molecule has 0 atom stereocenters. The summed E-state index contributed by atoms with van der Waals surface area (Å²) in [6.07, 6.45) is 3.96. The minimum atomic E-state index is 0. The summed E-state index contributed by atoms with van der Waals surface area (Å²) < 4.78 is 0. The Hall–Kier alpha value is -0.800. The predicted molar refractivity (Wildman–Crippen MR) is 69.3 cm³/mol. The molecule has 1 aromatic rings. The Balaban J connectivity index is 0.000000617. The topological polar surface area (TPSA) is 21.6 Å². The maximum Gasteiger partial charge on any atom is 0.135 e. The highest BCUT2D eigenvalue weighted by molar-refractivity contribution is 7.14. The molecule has 4 heteroatoms. The van der Waals surface area contributed by atoms with Crippen LogP contribution in [0.15, 0.2) is 29.4 Å². The summed E-state index contributed by atoms with van der Waals surface area (Å²) in [7, 11) is 0. The molecule has 2 heterocycles. The summed E-state index contributed by atoms with van der Waals surface area (Å²) in [5.74, 6) is 0. The Bertz CT molecular complexity index is 344. The lowest BCUT2D eigenvalue weighted by Gasteiger charge is -2.02. The van der Waals surface area contributed by atoms with E-state index in [-0.39, 0.29) is 12.4 Å². The number of halogens is 1. The molecule has 2 rings (SSSR count). The molecule has 0 aliphatic carbocycles. The fourth-order valence-corrected chi connectivity index (χ4v) is 1.87. The van der Waals surface area contributed by atoms with Gasteiger partial charge in [-0.15, -0.1) is 23.7 Å². The van der Waals surface area contributed by atoms with Crippen LogP contribution in [0, 0.1) is 6.92 Å². The molecule has 0 bridgehead atoms. The number of hydrogen-bond donors (Lipinski definition) is 0. The molecule has 15 heavy (non-hydrogen) atoms. The van der Waals surface area contributed by atoms with E-state index in [9.17, 15) is 0 Å². The molecule has 0 aromatic carbocycles. The van der Waals surface area contributed by atoms with E-state index in [1.165, 1.54) is 9.75 Å². The summed E-state index contributed by atoms with van der Waals surface area (Å²) >= 11 is 1.73. The van der Waals surface area contributed by atoms with Crippen molar-refractivity contribution in [2.75, 3.05) is 6.61 Å². The first kappa shape index (κ1) is 14.2. The SMILES string of the molecule is CC.Cc1ccc(C2=NOCC=C2)s1.Cl. The highest BCUT2D eigenvalue weighted by Gasteiger charge is 2.05. The van der Waals surface area contributed by atoms with Crippen LogP contribution in [0.5, 0.6) is 0 Å². The Morgan fingerprint density at radius 3 is 2.53 bits per heavy atom. The number of aryl methyl sites for hydroxylation is 1. The lowest BCUT2D eigenvalue weighted by Crippen LogP contribution is -2.00. The molecule has 0 saturated heterocycles. The molecule has 0 saturated carbocycles. The van der Waals surface area contributed by atoms with E-state index in [1.807, 2.05) is 26.0 Å². The zero-order chi connectivity index (χ0) is 10.4. The van der Waals surface area contributed by atoms with Crippen molar-refractivity contribution in [2.24, 2.45) is 5.16 Å². The monoisotopic (exact) mass is 245 g/mol. The average molecular weight is 246 g/mol. The third-order valence-corrected chi connectivity index (χ3v) is 2.63. The van der Waals surface area contributed by atoms with Gasteiger partial charge in [0.25, 0.3) is 0 Å². The normalized spacial score (nSPS) is 12.9. The minimum absolute atomic E-state index is 0. The lowest BCUT2D eigenvalue weighted by molar-refractivity contribution is 0.172. The maximum absolute atomic E-state index is 4.95. The van der Waals surface area contributed by atoms with Gasteiger partial charge in [-0.25, -0.2) is 0 Å². The van der Waals surface area contributed by atoms with Crippen molar-refractivity contribution in [3.63, 3.8) is 0 Å². The number of oxime groups is 1. The third kappa shape index (κ3) is 4.06. The van der Waals surface area contributed by atoms with E-state index in [1.54, 1.807) is 11.3 Å². The van der Waals surface area contributed by atoms with E-state index in [2.05, 4.69) is 24.2 Å². The molecule has 0 radical (unpaired) electrons. The minimum Gasteiger partial charge on any atom is -0.391 e. The van der Waals surface area contributed by atoms with Crippen LogP contribution in [-0.4, -0.2) is 12.3 Å². The highest BCUT2D eigenvalue weighted by atomic mass is 35.5. The van der Waals surface area contributed by atoms with Gasteiger partial charge in [0.15, 0.2) is 0 Å². The zero-order valence-corrected chi connectivity index (χ0v) is 10.8. The second kappa shape index (κ2) is 7.49. The zero-order valence-electron chi connectivity index (χ0n) is 9.19. The smallest absolute Gasteiger partial charge is 0.135 e. The second-order valence-electron chi connectivity index (χ2n) is 2.58. The maximum atomic E-state index is 4.95. The first-order chi connectivity index (χ1) is 6.86. The van der Waals surface area contributed by atoms with Gasteiger partial charge in [0.2, 0.25) is 0 Å². The van der Waals surface area contributed by atoms with Crippen LogP contribution in [-0.2, 0) is 4.84 Å². The van der Waals surface area contributed by atoms with Crippen LogP contribution in [0.3, 0.4) is 0 Å². The van der Waals surface area contributed by atoms with E-state index < -0.39 is 0 Å². The number of thiophene rings is 1. The molecule has 1 aliphatic rings. The Morgan fingerprint density at radius 2 is 2.07 bits per heavy atom. The highest BCUT2D eigenvalue weighted by Crippen LogP contribution is 2.17. The number of rotatable bonds is 1. The largest absolute Gasteiger partial charge is 0.391 e. The number of nitrogens with zero attached hydrogens (tertiary/aromatic N) is 1. The van der Waals surface area contributed by atoms with E-state index in [4.69, 9.17) is 4.84 Å². The standard InChI is InChI=1S/C9H9NOS.C2H6.ClH/c1-7-4-5-9(12-7)8-3-2-6-11-10-8;1-2;/h2-5H,6H2,1H3;1-2H3;1H. The van der Waals surface area contributed by atoms with Crippen LogP contribution in [0.1, 0.15) is 23.6 Å². The fourth-order valence-electron chi connectivity index (χ4n) is 1.04. The molecule has 0 fully saturated rings. The molecule has 1 aromatic heterocycles. The van der Waals surface area contributed by atoms with Crippen LogP contribution < -0.4 is 0 Å². The van der Waals surface area contributed by atoms with Gasteiger partial charge < -0.3 is 4.84 Å². The third-order valence-electron chi connectivity index (χ3n) is 1.60. The summed E-state index contributed by atoms with van der Waals surface area (Å²) in [5, 5.41) is 3.95. The molecule has 0 amide bonds. The summed E-state index contributed by atoms with van der Waals surface area (Å²) in [5.41, 5.74) is 0.930. The van der Waals surface area contributed by atoms with Crippen molar-refractivity contribution in [1.29, 1.82) is 0 Å². The van der Waals surface area contributed by atoms with Crippen LogP contribution in [0.25, 0.3) is 0 Å². The molecular weight excluding hydrogens is 230 g/mol. The molecule has 0 spiro atoms. The van der Waals surface area contributed by atoms with Gasteiger partial charge in [-0.1, -0.05) is 19.0 Å². The van der Waals surface area contributed by atoms with E-state index in [0.717, 1.165) is 5.71 Å². The van der Waals surface area contributed by atoms with Gasteiger partial charge in [0.05, 0.1) is 4.88 Å². The number of allylic oxidation sites excluding steroid dienone is 1. The van der Waals surface area contributed by atoms with Crippen LogP contribution in [0.4, 0.5) is 0 Å².